The molecule has 0 aliphatic heterocycles. The van der Waals surface area contributed by atoms with Crippen molar-refractivity contribution in [3.63, 3.8) is 0 Å². The Balaban J connectivity index is 1.50. The van der Waals surface area contributed by atoms with Crippen LogP contribution in [0.1, 0.15) is 29.7 Å². The molecule has 0 amide bonds. The van der Waals surface area contributed by atoms with Crippen LogP contribution in [0.25, 0.3) is 22.3 Å². The molecule has 0 saturated carbocycles. The van der Waals surface area contributed by atoms with Gasteiger partial charge in [0.25, 0.3) is 0 Å². The molecule has 0 aliphatic rings. The summed E-state index contributed by atoms with van der Waals surface area (Å²) in [5.74, 6) is -4.54. The molecule has 2 heterocycles. The number of nitrogens with zero attached hydrogens (tertiary/aromatic N) is 1. The number of H-pyrrole nitrogens is 2. The van der Waals surface area contributed by atoms with Crippen LogP contribution in [-0.2, 0) is 21.1 Å². The van der Waals surface area contributed by atoms with Gasteiger partial charge in [-0.25, -0.2) is 26.6 Å². The summed E-state index contributed by atoms with van der Waals surface area (Å²) in [7, 11) is -3.93. The Morgan fingerprint density at radius 2 is 1.88 bits per heavy atom. The van der Waals surface area contributed by atoms with Crippen molar-refractivity contribution in [1.82, 2.24) is 15.0 Å². The van der Waals surface area contributed by atoms with E-state index < -0.39 is 51.3 Å². The Kier molecular flexibility index (Phi) is 6.88. The highest BCUT2D eigenvalue weighted by Crippen LogP contribution is 2.38. The minimum atomic E-state index is -3.93. The number of fused-ring (bicyclic) bond motifs is 1. The van der Waals surface area contributed by atoms with Gasteiger partial charge in [-0.05, 0) is 35.4 Å². The molecule has 12 heteroatoms. The number of benzene rings is 3. The van der Waals surface area contributed by atoms with Crippen LogP contribution in [0.4, 0.5) is 13.2 Å². The van der Waals surface area contributed by atoms with E-state index in [9.17, 15) is 26.4 Å². The van der Waals surface area contributed by atoms with Crippen LogP contribution in [0.5, 0.6) is 11.5 Å². The highest BCUT2D eigenvalue weighted by Gasteiger charge is 2.25. The second kappa shape index (κ2) is 10.2. The lowest BCUT2D eigenvalue weighted by Crippen LogP contribution is -2.07. The largest absolute Gasteiger partial charge is 0.481 e. The second-order valence-electron chi connectivity index (χ2n) is 9.27. The lowest BCUT2D eigenvalue weighted by Gasteiger charge is -2.14. The summed E-state index contributed by atoms with van der Waals surface area (Å²) < 4.78 is 75.6. The first-order valence-electron chi connectivity index (χ1n) is 12.0. The van der Waals surface area contributed by atoms with Crippen LogP contribution < -0.4 is 4.74 Å². The lowest BCUT2D eigenvalue weighted by atomic mass is 9.95. The molecular weight excluding hydrogens is 547 g/mol. The summed E-state index contributed by atoms with van der Waals surface area (Å²) in [5, 5.41) is 9.28. The zero-order valence-corrected chi connectivity index (χ0v) is 21.9. The number of aromatic amines is 2. The third-order valence-electron chi connectivity index (χ3n) is 6.48. The predicted octanol–water partition coefficient (Wildman–Crippen LogP) is 5.95. The van der Waals surface area contributed by atoms with Gasteiger partial charge < -0.3 is 19.8 Å². The molecule has 2 aromatic heterocycles. The molecule has 1 atom stereocenters. The number of hydrogen-bond donors (Lipinski definition) is 3. The standard InChI is InChI=1S/C28H22F3N3O5S/c1-14(17-5-3-4-15(25(17)31)10-24(35)36)23-13-33-28(34-23)19-11-16(6-7-20(19)29)39-26-21(30)12-22-18(8-9-32-22)27(26)40(2,37)38/h3-9,11-14,32H,10H2,1-2H3,(H,33,34)(H,35,36)/t14-/m0/s1. The Morgan fingerprint density at radius 1 is 1.10 bits per heavy atom. The predicted molar refractivity (Wildman–Crippen MR) is 141 cm³/mol. The monoisotopic (exact) mass is 569 g/mol. The van der Waals surface area contributed by atoms with Crippen LogP contribution in [0.2, 0.25) is 0 Å². The van der Waals surface area contributed by atoms with E-state index >= 15 is 0 Å². The van der Waals surface area contributed by atoms with Gasteiger partial charge in [-0.2, -0.15) is 0 Å². The Labute approximate surface area is 226 Å². The van der Waals surface area contributed by atoms with E-state index in [1.807, 2.05) is 0 Å². The number of halogens is 3. The Bertz CT molecular complexity index is 1880. The molecule has 0 saturated heterocycles. The number of imidazole rings is 1. The van der Waals surface area contributed by atoms with Gasteiger partial charge in [-0.15, -0.1) is 0 Å². The summed E-state index contributed by atoms with van der Waals surface area (Å²) >= 11 is 0. The number of rotatable bonds is 8. The average Bonchev–Trinajstić information content (AvgIpc) is 3.55. The van der Waals surface area contributed by atoms with Crippen LogP contribution in [0, 0.1) is 17.5 Å². The fraction of sp³-hybridized carbons (Fsp3) is 0.143. The van der Waals surface area contributed by atoms with E-state index in [1.54, 1.807) is 13.0 Å². The number of carboxylic acid groups (broad SMARTS) is 1. The van der Waals surface area contributed by atoms with Crippen molar-refractivity contribution in [2.45, 2.75) is 24.2 Å². The van der Waals surface area contributed by atoms with Crippen molar-refractivity contribution in [2.24, 2.45) is 0 Å². The van der Waals surface area contributed by atoms with E-state index in [0.717, 1.165) is 18.4 Å². The second-order valence-corrected chi connectivity index (χ2v) is 11.2. The van der Waals surface area contributed by atoms with Gasteiger partial charge in [0.2, 0.25) is 0 Å². The third kappa shape index (κ3) is 5.05. The van der Waals surface area contributed by atoms with Crippen molar-refractivity contribution in [3.05, 3.63) is 95.2 Å². The molecule has 5 aromatic rings. The number of hydrogen-bond acceptors (Lipinski definition) is 5. The van der Waals surface area contributed by atoms with Crippen LogP contribution >= 0.6 is 0 Å². The molecule has 8 nitrogen and oxygen atoms in total. The summed E-state index contributed by atoms with van der Waals surface area (Å²) in [4.78, 5) is 20.6. The lowest BCUT2D eigenvalue weighted by molar-refractivity contribution is -0.136. The summed E-state index contributed by atoms with van der Waals surface area (Å²) in [6.45, 7) is 1.68. The van der Waals surface area contributed by atoms with E-state index in [0.29, 0.717) is 5.69 Å². The Morgan fingerprint density at radius 3 is 2.60 bits per heavy atom. The van der Waals surface area contributed by atoms with Gasteiger partial charge in [0.1, 0.15) is 28.1 Å². The molecule has 3 N–H and O–H groups in total. The fourth-order valence-corrected chi connectivity index (χ4v) is 5.60. The summed E-state index contributed by atoms with van der Waals surface area (Å²) in [5.41, 5.74) is 0.907. The molecule has 0 fully saturated rings. The topological polar surface area (TPSA) is 125 Å². The first-order valence-corrected chi connectivity index (χ1v) is 13.8. The first kappa shape index (κ1) is 27.0. The van der Waals surface area contributed by atoms with Crippen molar-refractivity contribution in [2.75, 3.05) is 6.26 Å². The van der Waals surface area contributed by atoms with Crippen LogP contribution in [0.3, 0.4) is 0 Å². The number of carbonyl (C=O) groups is 1. The van der Waals surface area contributed by atoms with Gasteiger partial charge >= 0.3 is 5.97 Å². The van der Waals surface area contributed by atoms with E-state index in [1.165, 1.54) is 42.7 Å². The molecule has 5 rings (SSSR count). The molecule has 0 spiro atoms. The van der Waals surface area contributed by atoms with Gasteiger partial charge in [0, 0.05) is 47.2 Å². The zero-order chi connectivity index (χ0) is 28.8. The van der Waals surface area contributed by atoms with E-state index in [4.69, 9.17) is 9.84 Å². The molecule has 0 bridgehead atoms. The minimum absolute atomic E-state index is 0.0333. The SMILES string of the molecule is C[C@H](c1cnc(-c2cc(Oc3c(F)cc4[nH]ccc4c3S(C)(=O)=O)ccc2F)[nH]1)c1cccc(CC(=O)O)c1F. The van der Waals surface area contributed by atoms with Gasteiger partial charge in [-0.1, -0.05) is 25.1 Å². The maximum Gasteiger partial charge on any atom is 0.307 e. The minimum Gasteiger partial charge on any atom is -0.481 e. The third-order valence-corrected chi connectivity index (χ3v) is 7.63. The van der Waals surface area contributed by atoms with Gasteiger partial charge in [0.05, 0.1) is 12.0 Å². The molecule has 206 valence electrons. The highest BCUT2D eigenvalue weighted by molar-refractivity contribution is 7.91. The molecule has 40 heavy (non-hydrogen) atoms. The molecule has 0 radical (unpaired) electrons. The van der Waals surface area contributed by atoms with Crippen LogP contribution in [0.15, 0.2) is 65.8 Å². The highest BCUT2D eigenvalue weighted by atomic mass is 32.2. The maximum atomic E-state index is 15.0. The fourth-order valence-electron chi connectivity index (χ4n) is 4.55. The number of sulfone groups is 1. The quantitative estimate of drug-likeness (QED) is 0.212. The maximum absolute atomic E-state index is 15.0. The number of aromatic nitrogens is 3. The average molecular weight is 570 g/mol. The zero-order valence-electron chi connectivity index (χ0n) is 21.1. The number of carboxylic acids is 1. The normalized spacial score (nSPS) is 12.5. The molecule has 3 aromatic carbocycles. The van der Waals surface area contributed by atoms with Crippen molar-refractivity contribution in [1.29, 1.82) is 0 Å². The Hall–Kier alpha value is -4.58. The van der Waals surface area contributed by atoms with Crippen molar-refractivity contribution in [3.8, 4) is 22.9 Å². The molecule has 0 aliphatic carbocycles. The van der Waals surface area contributed by atoms with Crippen LogP contribution in [-0.4, -0.2) is 40.7 Å². The van der Waals surface area contributed by atoms with Crippen molar-refractivity contribution < 1.29 is 36.2 Å². The van der Waals surface area contributed by atoms with E-state index in [-0.39, 0.29) is 44.1 Å². The molecule has 0 unspecified atom stereocenters. The van der Waals surface area contributed by atoms with Gasteiger partial charge in [0.15, 0.2) is 21.4 Å². The number of nitrogens with one attached hydrogen (secondary N) is 2. The van der Waals surface area contributed by atoms with Crippen molar-refractivity contribution >= 4 is 26.7 Å². The molecular formula is C28H22F3N3O5S. The van der Waals surface area contributed by atoms with E-state index in [2.05, 4.69) is 15.0 Å². The number of ether oxygens (including phenoxy) is 1. The first-order chi connectivity index (χ1) is 18.9. The smallest absolute Gasteiger partial charge is 0.307 e. The summed E-state index contributed by atoms with van der Waals surface area (Å²) in [6.07, 6.45) is 3.33. The number of aliphatic carboxylic acids is 1. The summed E-state index contributed by atoms with van der Waals surface area (Å²) in [6, 6.07) is 10.6. The van der Waals surface area contributed by atoms with Gasteiger partial charge in [-0.3, -0.25) is 4.79 Å².